The van der Waals surface area contributed by atoms with Crippen molar-refractivity contribution in [1.82, 2.24) is 20.6 Å². The zero-order valence-corrected chi connectivity index (χ0v) is 36.4. The highest BCUT2D eigenvalue weighted by molar-refractivity contribution is 9.11. The van der Waals surface area contributed by atoms with Gasteiger partial charge >= 0.3 is 5.97 Å². The first kappa shape index (κ1) is 48.4. The molecule has 1 aromatic heterocycles. The van der Waals surface area contributed by atoms with Crippen LogP contribution in [0, 0.1) is 34.6 Å². The van der Waals surface area contributed by atoms with Crippen LogP contribution in [0.1, 0.15) is 39.6 Å². The predicted octanol–water partition coefficient (Wildman–Crippen LogP) is 9.40. The number of primary amides is 1. The van der Waals surface area contributed by atoms with E-state index in [0.29, 0.717) is 23.7 Å². The minimum Gasteiger partial charge on any atom is -0.480 e. The number of carbonyl (C=O) groups excluding carboxylic acids is 1. The lowest BCUT2D eigenvalue weighted by Crippen LogP contribution is -2.30. The molecule has 1 heterocycles. The zero-order chi connectivity index (χ0) is 42.8. The number of hydrogen-bond donors (Lipinski definition) is 3. The first-order valence-corrected chi connectivity index (χ1v) is 19.1. The molecule has 0 bridgehead atoms. The van der Waals surface area contributed by atoms with E-state index >= 15 is 0 Å². The largest absolute Gasteiger partial charge is 0.480 e. The maximum atomic E-state index is 13.4. The Bertz CT molecular complexity index is 2060. The van der Waals surface area contributed by atoms with Crippen LogP contribution in [0.5, 0.6) is 23.0 Å². The highest BCUT2D eigenvalue weighted by Gasteiger charge is 2.16. The maximum absolute atomic E-state index is 13.4. The minimum absolute atomic E-state index is 0.0134. The number of tetrazole rings is 1. The Balaban J connectivity index is 0.000000263. The standard InChI is InChI=1S/C9H8BrFN4O.C9H9BrFNO2.C9H7BrFNO.C9H8BrFO3/c1-5(9-12-14-15-13-9)16-8-3-2-6(10)4-7(8)11;1-5(9(12)13)14-8-3-2-6(10)4-7(8)11;1-6(5-12)13-9-3-2-7(10)4-8(9)11;1-5(9(12)13)14-8-3-2-6(10)4-7(8)11/h2-5H,1H3,(H,12,13,14,15);2-5H,1H3,(H2,12,13);2-4,6H,1H3;2-5H,1H3,(H,12,13)/t2*5-;6-;5-/m0000/s1. The Kier molecular flexibility index (Phi) is 20.4. The third kappa shape index (κ3) is 17.5. The fourth-order valence-corrected chi connectivity index (χ4v) is 4.91. The minimum atomic E-state index is -1.13. The molecule has 5 aromatic rings. The van der Waals surface area contributed by atoms with E-state index in [1.165, 1.54) is 62.4 Å². The number of nitrogens with two attached hydrogens (primary N) is 1. The molecule has 57 heavy (non-hydrogen) atoms. The number of aromatic amines is 1. The summed E-state index contributed by atoms with van der Waals surface area (Å²) in [7, 11) is 0. The van der Waals surface area contributed by atoms with Gasteiger partial charge in [0.15, 0.2) is 70.7 Å². The number of benzene rings is 4. The lowest BCUT2D eigenvalue weighted by Gasteiger charge is -2.11. The number of aliphatic carboxylic acids is 1. The van der Waals surface area contributed by atoms with Gasteiger partial charge in [-0.3, -0.25) is 4.79 Å². The third-order valence-corrected chi connectivity index (χ3v) is 8.42. The number of hydrogen-bond acceptors (Lipinski definition) is 10. The highest BCUT2D eigenvalue weighted by Crippen LogP contribution is 2.26. The van der Waals surface area contributed by atoms with Gasteiger partial charge in [0.2, 0.25) is 5.82 Å². The molecule has 0 radical (unpaired) electrons. The van der Waals surface area contributed by atoms with Crippen LogP contribution in [-0.4, -0.2) is 55.9 Å². The molecule has 4 aromatic carbocycles. The Hall–Kier alpha value is -4.78. The van der Waals surface area contributed by atoms with Crippen LogP contribution >= 0.6 is 63.7 Å². The molecule has 0 spiro atoms. The first-order valence-electron chi connectivity index (χ1n) is 15.9. The lowest BCUT2D eigenvalue weighted by atomic mass is 10.3. The monoisotopic (exact) mass is 1050 g/mol. The molecule has 0 saturated heterocycles. The van der Waals surface area contributed by atoms with E-state index in [2.05, 4.69) is 84.3 Å². The van der Waals surface area contributed by atoms with Gasteiger partial charge in [-0.1, -0.05) is 68.9 Å². The van der Waals surface area contributed by atoms with E-state index in [1.54, 1.807) is 38.1 Å². The molecule has 0 fully saturated rings. The number of amides is 1. The second-order valence-electron chi connectivity index (χ2n) is 11.0. The summed E-state index contributed by atoms with van der Waals surface area (Å²) < 4.78 is 75.5. The molecule has 0 saturated carbocycles. The van der Waals surface area contributed by atoms with Gasteiger partial charge in [0.25, 0.3) is 5.91 Å². The molecule has 0 aliphatic heterocycles. The summed E-state index contributed by atoms with van der Waals surface area (Å²) in [6.45, 7) is 6.07. The van der Waals surface area contributed by atoms with Gasteiger partial charge in [-0.25, -0.2) is 22.4 Å². The second-order valence-corrected chi connectivity index (χ2v) is 14.6. The molecular formula is C36H32Br4F4N6O7. The fourth-order valence-electron chi connectivity index (χ4n) is 3.57. The smallest absolute Gasteiger partial charge is 0.344 e. The first-order chi connectivity index (χ1) is 26.8. The second kappa shape index (κ2) is 24.1. The summed E-state index contributed by atoms with van der Waals surface area (Å²) in [4.78, 5) is 21.1. The molecular weight excluding hydrogens is 1020 g/mol. The molecule has 4 N–H and O–H groups in total. The number of aromatic nitrogens is 4. The number of carboxylic acid groups (broad SMARTS) is 1. The zero-order valence-electron chi connectivity index (χ0n) is 30.0. The average Bonchev–Trinajstić information content (AvgIpc) is 3.69. The van der Waals surface area contributed by atoms with E-state index in [0.717, 1.165) is 0 Å². The SMILES string of the molecule is C[C@@H](C#N)Oc1ccc(Br)cc1F.C[C@H](Oc1ccc(Br)cc1F)C(=O)O.C[C@H](Oc1ccc(Br)cc1F)C(N)=O.C[C@H](Oc1ccc(Br)cc1F)c1nn[nH]n1. The van der Waals surface area contributed by atoms with Crippen molar-refractivity contribution in [2.45, 2.75) is 52.1 Å². The van der Waals surface area contributed by atoms with Gasteiger partial charge in [-0.05, 0) is 100 Å². The summed E-state index contributed by atoms with van der Waals surface area (Å²) in [6, 6.07) is 19.3. The van der Waals surface area contributed by atoms with Gasteiger partial charge < -0.3 is 29.8 Å². The van der Waals surface area contributed by atoms with Gasteiger partial charge in [-0.15, -0.1) is 10.2 Å². The normalized spacial score (nSPS) is 12.2. The van der Waals surface area contributed by atoms with Crippen molar-refractivity contribution in [2.75, 3.05) is 0 Å². The summed E-state index contributed by atoms with van der Waals surface area (Å²) in [5, 5.41) is 30.2. The molecule has 0 aliphatic rings. The molecule has 304 valence electrons. The van der Waals surface area contributed by atoms with Crippen molar-refractivity contribution in [3.63, 3.8) is 0 Å². The summed E-state index contributed by atoms with van der Waals surface area (Å²) >= 11 is 12.5. The Morgan fingerprint density at radius 2 is 1.05 bits per heavy atom. The van der Waals surface area contributed by atoms with E-state index in [-0.39, 0.29) is 23.0 Å². The third-order valence-electron chi connectivity index (χ3n) is 6.45. The number of rotatable bonds is 11. The van der Waals surface area contributed by atoms with Gasteiger partial charge in [-0.2, -0.15) is 10.5 Å². The summed E-state index contributed by atoms with van der Waals surface area (Å²) in [6.07, 6.45) is -3.01. The Labute approximate surface area is 357 Å². The molecule has 5 rings (SSSR count). The van der Waals surface area contributed by atoms with Gasteiger partial charge in [0.1, 0.15) is 6.07 Å². The van der Waals surface area contributed by atoms with Crippen molar-refractivity contribution in [1.29, 1.82) is 5.26 Å². The quantitative estimate of drug-likeness (QED) is 0.107. The Morgan fingerprint density at radius 3 is 1.37 bits per heavy atom. The van der Waals surface area contributed by atoms with Gasteiger partial charge in [0.05, 0.1) is 0 Å². The van der Waals surface area contributed by atoms with Crippen LogP contribution < -0.4 is 24.7 Å². The number of carboxylic acids is 1. The van der Waals surface area contributed by atoms with Crippen molar-refractivity contribution >= 4 is 75.6 Å². The number of carbonyl (C=O) groups is 2. The summed E-state index contributed by atoms with van der Waals surface area (Å²) in [5.41, 5.74) is 4.97. The van der Waals surface area contributed by atoms with Crippen LogP contribution in [0.3, 0.4) is 0 Å². The van der Waals surface area contributed by atoms with Crippen LogP contribution in [0.2, 0.25) is 0 Å². The number of halogens is 8. The molecule has 13 nitrogen and oxygen atoms in total. The molecule has 1 amide bonds. The van der Waals surface area contributed by atoms with Crippen molar-refractivity contribution < 1.29 is 51.2 Å². The Morgan fingerprint density at radius 1 is 0.684 bits per heavy atom. The van der Waals surface area contributed by atoms with Gasteiger partial charge in [0, 0.05) is 17.9 Å². The fraction of sp³-hybridized carbons (Fsp3) is 0.222. The molecule has 4 atom stereocenters. The number of nitriles is 1. The highest BCUT2D eigenvalue weighted by atomic mass is 79.9. The molecule has 0 unspecified atom stereocenters. The summed E-state index contributed by atoms with van der Waals surface area (Å²) in [5.74, 6) is -3.23. The van der Waals surface area contributed by atoms with Crippen molar-refractivity contribution in [3.8, 4) is 29.1 Å². The van der Waals surface area contributed by atoms with Crippen LogP contribution in [0.4, 0.5) is 17.6 Å². The van der Waals surface area contributed by atoms with Crippen LogP contribution in [-0.2, 0) is 9.59 Å². The average molecular weight is 1060 g/mol. The number of nitrogens with one attached hydrogen (secondary N) is 1. The topological polar surface area (TPSA) is 196 Å². The lowest BCUT2D eigenvalue weighted by molar-refractivity contribution is -0.144. The van der Waals surface area contributed by atoms with Crippen LogP contribution in [0.15, 0.2) is 90.7 Å². The van der Waals surface area contributed by atoms with E-state index in [1.807, 2.05) is 6.07 Å². The van der Waals surface area contributed by atoms with E-state index in [9.17, 15) is 27.2 Å². The number of ether oxygens (including phenoxy) is 4. The van der Waals surface area contributed by atoms with E-state index in [4.69, 9.17) is 35.0 Å². The predicted molar refractivity (Wildman–Crippen MR) is 212 cm³/mol. The maximum Gasteiger partial charge on any atom is 0.344 e. The van der Waals surface area contributed by atoms with Crippen molar-refractivity contribution in [2.24, 2.45) is 5.73 Å². The van der Waals surface area contributed by atoms with Crippen LogP contribution in [0.25, 0.3) is 0 Å². The van der Waals surface area contributed by atoms with E-state index < -0.39 is 59.6 Å². The molecule has 0 aliphatic carbocycles. The molecule has 21 heteroatoms. The van der Waals surface area contributed by atoms with Crippen molar-refractivity contribution in [3.05, 3.63) is 120 Å². The number of nitrogens with zero attached hydrogens (tertiary/aromatic N) is 4. The number of H-pyrrole nitrogens is 1.